The van der Waals surface area contributed by atoms with E-state index in [-0.39, 0.29) is 6.61 Å². The van der Waals surface area contributed by atoms with Gasteiger partial charge in [0.1, 0.15) is 12.3 Å². The lowest BCUT2D eigenvalue weighted by Crippen LogP contribution is -2.24. The molecule has 2 rings (SSSR count). The fraction of sp³-hybridized carbons (Fsp3) is 0.222. The van der Waals surface area contributed by atoms with Crippen LogP contribution in [0.5, 0.6) is 0 Å². The number of carbonyl (C=O) groups excluding carboxylic acids is 1. The molecule has 0 unspecified atom stereocenters. The number of nitrogens with one attached hydrogen (secondary N) is 1. The lowest BCUT2D eigenvalue weighted by Gasteiger charge is -2.05. The maximum Gasteiger partial charge on any atom is 0.407 e. The average molecular weight is 294 g/mol. The van der Waals surface area contributed by atoms with E-state index in [2.05, 4.69) is 22.1 Å². The Labute approximate surface area is 130 Å². The van der Waals surface area contributed by atoms with E-state index in [1.165, 1.54) is 0 Å². The van der Waals surface area contributed by atoms with Gasteiger partial charge in [0.05, 0.1) is 0 Å². The van der Waals surface area contributed by atoms with Crippen molar-refractivity contribution in [3.05, 3.63) is 65.5 Å². The first-order valence-corrected chi connectivity index (χ1v) is 7.11. The van der Waals surface area contributed by atoms with Crippen LogP contribution >= 0.6 is 0 Å². The number of nitrogens with zero attached hydrogens (tertiary/aromatic N) is 1. The van der Waals surface area contributed by atoms with Gasteiger partial charge in [-0.1, -0.05) is 42.3 Å². The summed E-state index contributed by atoms with van der Waals surface area (Å²) in [5.74, 6) is 5.98. The van der Waals surface area contributed by atoms with Crippen molar-refractivity contribution in [3.8, 4) is 11.8 Å². The molecule has 4 nitrogen and oxygen atoms in total. The van der Waals surface area contributed by atoms with Gasteiger partial charge < -0.3 is 10.1 Å². The summed E-state index contributed by atoms with van der Waals surface area (Å²) >= 11 is 0. The van der Waals surface area contributed by atoms with Crippen LogP contribution in [0.2, 0.25) is 0 Å². The highest BCUT2D eigenvalue weighted by Crippen LogP contribution is 2.01. The average Bonchev–Trinajstić information content (AvgIpc) is 2.55. The molecule has 4 heteroatoms. The van der Waals surface area contributed by atoms with Crippen LogP contribution in [0.4, 0.5) is 4.79 Å². The fourth-order valence-corrected chi connectivity index (χ4v) is 1.76. The highest BCUT2D eigenvalue weighted by Gasteiger charge is 2.00. The van der Waals surface area contributed by atoms with Gasteiger partial charge in [0.15, 0.2) is 0 Å². The Bertz CT molecular complexity index is 672. The minimum absolute atomic E-state index is 0.269. The molecule has 2 aromatic rings. The van der Waals surface area contributed by atoms with Gasteiger partial charge >= 0.3 is 6.09 Å². The van der Waals surface area contributed by atoms with E-state index in [0.717, 1.165) is 16.8 Å². The van der Waals surface area contributed by atoms with Crippen LogP contribution in [-0.2, 0) is 11.3 Å². The number of aryl methyl sites for hydroxylation is 1. The van der Waals surface area contributed by atoms with Crippen LogP contribution < -0.4 is 5.32 Å². The maximum absolute atomic E-state index is 11.5. The number of carbonyl (C=O) groups is 1. The van der Waals surface area contributed by atoms with Gasteiger partial charge in [-0.25, -0.2) is 9.78 Å². The Hall–Kier alpha value is -2.80. The molecule has 112 valence electrons. The third-order valence-corrected chi connectivity index (χ3v) is 2.95. The summed E-state index contributed by atoms with van der Waals surface area (Å²) in [6.07, 6.45) is 1.84. The number of ether oxygens (including phenoxy) is 1. The third kappa shape index (κ3) is 5.29. The Morgan fingerprint density at radius 2 is 2.05 bits per heavy atom. The first kappa shape index (κ1) is 15.6. The Morgan fingerprint density at radius 3 is 2.82 bits per heavy atom. The maximum atomic E-state index is 11.5. The number of pyridine rings is 1. The number of benzene rings is 1. The zero-order valence-corrected chi connectivity index (χ0v) is 12.5. The van der Waals surface area contributed by atoms with Crippen LogP contribution in [0.15, 0.2) is 48.7 Å². The molecule has 0 bridgehead atoms. The van der Waals surface area contributed by atoms with E-state index < -0.39 is 6.09 Å². The van der Waals surface area contributed by atoms with Crippen LogP contribution in [0.25, 0.3) is 0 Å². The van der Waals surface area contributed by atoms with Crippen LogP contribution in [-0.4, -0.2) is 17.6 Å². The molecule has 0 radical (unpaired) electrons. The Kier molecular flexibility index (Phi) is 6.01. The summed E-state index contributed by atoms with van der Waals surface area (Å²) < 4.78 is 5.10. The second-order valence-corrected chi connectivity index (χ2v) is 4.71. The molecule has 1 aromatic carbocycles. The first-order valence-electron chi connectivity index (χ1n) is 7.11. The zero-order valence-electron chi connectivity index (χ0n) is 12.5. The minimum atomic E-state index is -0.431. The van der Waals surface area contributed by atoms with Gasteiger partial charge in [0.25, 0.3) is 0 Å². The highest BCUT2D eigenvalue weighted by atomic mass is 16.5. The van der Waals surface area contributed by atoms with E-state index in [1.54, 1.807) is 6.20 Å². The van der Waals surface area contributed by atoms with E-state index in [9.17, 15) is 4.79 Å². The number of rotatable bonds is 4. The lowest BCUT2D eigenvalue weighted by atomic mass is 10.2. The van der Waals surface area contributed by atoms with Crippen molar-refractivity contribution in [1.29, 1.82) is 0 Å². The van der Waals surface area contributed by atoms with E-state index in [1.807, 2.05) is 49.4 Å². The van der Waals surface area contributed by atoms with Gasteiger partial charge in [0.2, 0.25) is 0 Å². The Balaban J connectivity index is 1.67. The summed E-state index contributed by atoms with van der Waals surface area (Å²) in [6, 6.07) is 13.4. The van der Waals surface area contributed by atoms with Crippen molar-refractivity contribution in [3.63, 3.8) is 0 Å². The van der Waals surface area contributed by atoms with Crippen molar-refractivity contribution >= 4 is 6.09 Å². The summed E-state index contributed by atoms with van der Waals surface area (Å²) in [5, 5.41) is 2.67. The van der Waals surface area contributed by atoms with Gasteiger partial charge in [0, 0.05) is 19.2 Å². The summed E-state index contributed by atoms with van der Waals surface area (Å²) in [4.78, 5) is 15.7. The monoisotopic (exact) mass is 294 g/mol. The molecule has 0 aliphatic heterocycles. The standard InChI is InChI=1S/C18H18N2O2/c1-15-8-7-13-19-17(15)11-5-6-12-20-18(21)22-14-16-9-3-2-4-10-16/h2-4,7-10,13H,6,12,14H2,1H3,(H,20,21). The van der Waals surface area contributed by atoms with Crippen LogP contribution in [0.3, 0.4) is 0 Å². The van der Waals surface area contributed by atoms with Crippen LogP contribution in [0, 0.1) is 18.8 Å². The molecule has 0 saturated carbocycles. The topological polar surface area (TPSA) is 51.2 Å². The quantitative estimate of drug-likeness (QED) is 0.696. The van der Waals surface area contributed by atoms with E-state index in [4.69, 9.17) is 4.74 Å². The fourth-order valence-electron chi connectivity index (χ4n) is 1.76. The Morgan fingerprint density at radius 1 is 1.23 bits per heavy atom. The van der Waals surface area contributed by atoms with Gasteiger partial charge in [-0.15, -0.1) is 0 Å². The van der Waals surface area contributed by atoms with Crippen molar-refractivity contribution in [2.24, 2.45) is 0 Å². The molecule has 1 aromatic heterocycles. The number of hydrogen-bond donors (Lipinski definition) is 1. The van der Waals surface area contributed by atoms with Gasteiger partial charge in [-0.05, 0) is 30.0 Å². The number of amides is 1. The zero-order chi connectivity index (χ0) is 15.6. The predicted octanol–water partition coefficient (Wildman–Crippen LogP) is 3.06. The van der Waals surface area contributed by atoms with E-state index in [0.29, 0.717) is 13.0 Å². The molecule has 0 atom stereocenters. The van der Waals surface area contributed by atoms with Crippen LogP contribution in [0.1, 0.15) is 23.2 Å². The highest BCUT2D eigenvalue weighted by molar-refractivity contribution is 5.67. The third-order valence-electron chi connectivity index (χ3n) is 2.95. The lowest BCUT2D eigenvalue weighted by molar-refractivity contribution is 0.140. The largest absolute Gasteiger partial charge is 0.445 e. The van der Waals surface area contributed by atoms with Crippen molar-refractivity contribution in [2.45, 2.75) is 20.0 Å². The number of hydrogen-bond acceptors (Lipinski definition) is 3. The molecule has 0 fully saturated rings. The first-order chi connectivity index (χ1) is 10.8. The SMILES string of the molecule is Cc1cccnc1C#CCCNC(=O)OCc1ccccc1. The number of alkyl carbamates (subject to hydrolysis) is 1. The summed E-state index contributed by atoms with van der Waals surface area (Å²) in [7, 11) is 0. The second kappa shape index (κ2) is 8.48. The minimum Gasteiger partial charge on any atom is -0.445 e. The van der Waals surface area contributed by atoms with Crippen molar-refractivity contribution < 1.29 is 9.53 Å². The predicted molar refractivity (Wildman–Crippen MR) is 85.1 cm³/mol. The molecule has 22 heavy (non-hydrogen) atoms. The van der Waals surface area contributed by atoms with Gasteiger partial charge in [-0.3, -0.25) is 0 Å². The summed E-state index contributed by atoms with van der Waals surface area (Å²) in [5.41, 5.74) is 2.78. The molecule has 0 saturated heterocycles. The van der Waals surface area contributed by atoms with Crippen molar-refractivity contribution in [2.75, 3.05) is 6.54 Å². The van der Waals surface area contributed by atoms with Crippen molar-refractivity contribution in [1.82, 2.24) is 10.3 Å². The molecule has 0 aliphatic rings. The molecule has 1 amide bonds. The molecular formula is C18H18N2O2. The number of aromatic nitrogens is 1. The molecule has 1 heterocycles. The molecule has 0 aliphatic carbocycles. The molecular weight excluding hydrogens is 276 g/mol. The van der Waals surface area contributed by atoms with Gasteiger partial charge in [-0.2, -0.15) is 0 Å². The molecule has 0 spiro atoms. The smallest absolute Gasteiger partial charge is 0.407 e. The summed E-state index contributed by atoms with van der Waals surface area (Å²) in [6.45, 7) is 2.69. The second-order valence-electron chi connectivity index (χ2n) is 4.71. The van der Waals surface area contributed by atoms with E-state index >= 15 is 0 Å². The molecule has 1 N–H and O–H groups in total. The normalized spacial score (nSPS) is 9.50.